The molecule has 5 nitrogen and oxygen atoms in total. The maximum atomic E-state index is 12.8. The highest BCUT2D eigenvalue weighted by Gasteiger charge is 2.36. The van der Waals surface area contributed by atoms with E-state index in [0.29, 0.717) is 19.7 Å². The van der Waals surface area contributed by atoms with Gasteiger partial charge in [0, 0.05) is 44.9 Å². The van der Waals surface area contributed by atoms with Crippen LogP contribution in [0.15, 0.2) is 24.3 Å². The summed E-state index contributed by atoms with van der Waals surface area (Å²) in [7, 11) is 0. The van der Waals surface area contributed by atoms with E-state index in [9.17, 15) is 4.79 Å². The molecule has 2 aliphatic rings. The van der Waals surface area contributed by atoms with Gasteiger partial charge in [-0.25, -0.2) is 4.79 Å². The molecule has 144 valence electrons. The molecule has 2 heterocycles. The predicted molar refractivity (Wildman–Crippen MR) is 103 cm³/mol. The van der Waals surface area contributed by atoms with Gasteiger partial charge in [-0.2, -0.15) is 0 Å². The van der Waals surface area contributed by atoms with Gasteiger partial charge in [0.15, 0.2) is 0 Å². The number of rotatable bonds is 5. The van der Waals surface area contributed by atoms with Gasteiger partial charge in [0.2, 0.25) is 0 Å². The lowest BCUT2D eigenvalue weighted by molar-refractivity contribution is 0.0155. The summed E-state index contributed by atoms with van der Waals surface area (Å²) in [6.45, 7) is 8.55. The fraction of sp³-hybridized carbons (Fsp3) is 0.667. The van der Waals surface area contributed by atoms with E-state index in [1.165, 1.54) is 11.1 Å². The summed E-state index contributed by atoms with van der Waals surface area (Å²) in [5, 5.41) is 3.23. The molecule has 2 aliphatic heterocycles. The molecule has 3 rings (SSSR count). The van der Waals surface area contributed by atoms with Gasteiger partial charge >= 0.3 is 6.03 Å². The molecule has 0 radical (unpaired) electrons. The molecule has 26 heavy (non-hydrogen) atoms. The van der Waals surface area contributed by atoms with E-state index >= 15 is 0 Å². The van der Waals surface area contributed by atoms with E-state index in [1.807, 2.05) is 11.8 Å². The second kappa shape index (κ2) is 8.87. The van der Waals surface area contributed by atoms with E-state index in [0.717, 1.165) is 45.4 Å². The minimum atomic E-state index is -0.0334. The topological polar surface area (TPSA) is 50.8 Å². The van der Waals surface area contributed by atoms with E-state index in [4.69, 9.17) is 9.47 Å². The second-order valence-corrected chi connectivity index (χ2v) is 7.53. The third kappa shape index (κ3) is 4.38. The number of piperidine rings is 1. The van der Waals surface area contributed by atoms with Crippen LogP contribution >= 0.6 is 0 Å². The minimum Gasteiger partial charge on any atom is -0.381 e. The quantitative estimate of drug-likeness (QED) is 0.877. The third-order valence-electron chi connectivity index (χ3n) is 5.81. The zero-order valence-corrected chi connectivity index (χ0v) is 16.1. The van der Waals surface area contributed by atoms with E-state index in [2.05, 4.69) is 36.5 Å². The number of hydrogen-bond donors (Lipinski definition) is 1. The Labute approximate surface area is 157 Å². The Bertz CT molecular complexity index is 597. The summed E-state index contributed by atoms with van der Waals surface area (Å²) in [5.74, 6) is 0. The SMILES string of the molecule is CCOC1CCCN(C(=O)NCC2(c3ccccc3C)CCOCC2)C1. The number of ether oxygens (including phenoxy) is 2. The standard InChI is InChI=1S/C21H32N2O3/c1-3-26-18-8-6-12-23(15-18)20(24)22-16-21(10-13-25-14-11-21)19-9-5-4-7-17(19)2/h4-5,7,9,18H,3,6,8,10-16H2,1-2H3,(H,22,24). The van der Waals surface area contributed by atoms with Crippen molar-refractivity contribution in [2.24, 2.45) is 0 Å². The highest BCUT2D eigenvalue weighted by Crippen LogP contribution is 2.36. The molecule has 0 aromatic heterocycles. The average molecular weight is 360 g/mol. The van der Waals surface area contributed by atoms with Gasteiger partial charge in [0.1, 0.15) is 0 Å². The highest BCUT2D eigenvalue weighted by molar-refractivity contribution is 5.74. The summed E-state index contributed by atoms with van der Waals surface area (Å²) >= 11 is 0. The van der Waals surface area contributed by atoms with Crippen LogP contribution in [0.2, 0.25) is 0 Å². The number of carbonyl (C=O) groups excluding carboxylic acids is 1. The van der Waals surface area contributed by atoms with E-state index < -0.39 is 0 Å². The first-order valence-corrected chi connectivity index (χ1v) is 9.93. The second-order valence-electron chi connectivity index (χ2n) is 7.53. The summed E-state index contributed by atoms with van der Waals surface area (Å²) < 4.78 is 11.3. The fourth-order valence-corrected chi connectivity index (χ4v) is 4.32. The molecule has 2 fully saturated rings. The largest absolute Gasteiger partial charge is 0.381 e. The summed E-state index contributed by atoms with van der Waals surface area (Å²) in [6.07, 6.45) is 4.11. The lowest BCUT2D eigenvalue weighted by atomic mass is 9.72. The van der Waals surface area contributed by atoms with Crippen LogP contribution in [-0.2, 0) is 14.9 Å². The van der Waals surface area contributed by atoms with Crippen molar-refractivity contribution in [3.05, 3.63) is 35.4 Å². The van der Waals surface area contributed by atoms with Crippen LogP contribution < -0.4 is 5.32 Å². The number of nitrogens with one attached hydrogen (secondary N) is 1. The predicted octanol–water partition coefficient (Wildman–Crippen LogP) is 3.25. The first-order chi connectivity index (χ1) is 12.6. The Hall–Kier alpha value is -1.59. The van der Waals surface area contributed by atoms with Crippen molar-refractivity contribution in [2.45, 2.75) is 51.0 Å². The molecule has 1 N–H and O–H groups in total. The highest BCUT2D eigenvalue weighted by atomic mass is 16.5. The molecule has 2 amide bonds. The van der Waals surface area contributed by atoms with Crippen LogP contribution in [0, 0.1) is 6.92 Å². The van der Waals surface area contributed by atoms with Gasteiger partial charge in [-0.05, 0) is 50.7 Å². The van der Waals surface area contributed by atoms with Gasteiger partial charge in [-0.15, -0.1) is 0 Å². The van der Waals surface area contributed by atoms with Crippen LogP contribution in [-0.4, -0.2) is 56.5 Å². The number of benzene rings is 1. The van der Waals surface area contributed by atoms with Crippen molar-refractivity contribution in [3.8, 4) is 0 Å². The average Bonchev–Trinajstić information content (AvgIpc) is 2.68. The normalized spacial score (nSPS) is 22.8. The molecule has 0 saturated carbocycles. The number of likely N-dealkylation sites (tertiary alicyclic amines) is 1. The number of nitrogens with zero attached hydrogens (tertiary/aromatic N) is 1. The Morgan fingerprint density at radius 1 is 1.35 bits per heavy atom. The van der Waals surface area contributed by atoms with E-state index in [-0.39, 0.29) is 17.6 Å². The number of urea groups is 1. The van der Waals surface area contributed by atoms with Crippen molar-refractivity contribution >= 4 is 6.03 Å². The molecule has 0 aliphatic carbocycles. The van der Waals surface area contributed by atoms with Crippen molar-refractivity contribution in [1.82, 2.24) is 10.2 Å². The molecule has 1 aromatic carbocycles. The van der Waals surface area contributed by atoms with Crippen molar-refractivity contribution in [1.29, 1.82) is 0 Å². The van der Waals surface area contributed by atoms with Crippen LogP contribution in [0.25, 0.3) is 0 Å². The van der Waals surface area contributed by atoms with Gasteiger partial charge in [0.25, 0.3) is 0 Å². The summed E-state index contributed by atoms with van der Waals surface area (Å²) in [6, 6.07) is 8.57. The van der Waals surface area contributed by atoms with Crippen molar-refractivity contribution in [3.63, 3.8) is 0 Å². The molecule has 2 saturated heterocycles. The van der Waals surface area contributed by atoms with Gasteiger partial charge in [-0.1, -0.05) is 24.3 Å². The number of hydrogen-bond acceptors (Lipinski definition) is 3. The Morgan fingerprint density at radius 2 is 2.12 bits per heavy atom. The Morgan fingerprint density at radius 3 is 2.85 bits per heavy atom. The molecule has 0 spiro atoms. The number of aryl methyl sites for hydroxylation is 1. The molecule has 5 heteroatoms. The minimum absolute atomic E-state index is 0.0334. The molecule has 1 unspecified atom stereocenters. The summed E-state index contributed by atoms with van der Waals surface area (Å²) in [5.41, 5.74) is 2.60. The number of carbonyl (C=O) groups is 1. The van der Waals surface area contributed by atoms with Crippen LogP contribution in [0.5, 0.6) is 0 Å². The molecule has 1 atom stereocenters. The first-order valence-electron chi connectivity index (χ1n) is 9.93. The monoisotopic (exact) mass is 360 g/mol. The Balaban J connectivity index is 1.66. The Kier molecular flexibility index (Phi) is 6.54. The van der Waals surface area contributed by atoms with Crippen LogP contribution in [0.3, 0.4) is 0 Å². The smallest absolute Gasteiger partial charge is 0.317 e. The molecular weight excluding hydrogens is 328 g/mol. The zero-order valence-electron chi connectivity index (χ0n) is 16.1. The van der Waals surface area contributed by atoms with Crippen molar-refractivity contribution in [2.75, 3.05) is 39.5 Å². The van der Waals surface area contributed by atoms with Crippen molar-refractivity contribution < 1.29 is 14.3 Å². The van der Waals surface area contributed by atoms with E-state index in [1.54, 1.807) is 0 Å². The third-order valence-corrected chi connectivity index (χ3v) is 5.81. The summed E-state index contributed by atoms with van der Waals surface area (Å²) in [4.78, 5) is 14.7. The number of amides is 2. The van der Waals surface area contributed by atoms with Crippen LogP contribution in [0.1, 0.15) is 43.7 Å². The molecule has 0 bridgehead atoms. The lowest BCUT2D eigenvalue weighted by Crippen LogP contribution is -2.52. The zero-order chi connectivity index (χ0) is 18.4. The molecule has 1 aromatic rings. The van der Waals surface area contributed by atoms with Gasteiger partial charge in [0.05, 0.1) is 6.10 Å². The maximum Gasteiger partial charge on any atom is 0.317 e. The first kappa shape index (κ1) is 19.2. The fourth-order valence-electron chi connectivity index (χ4n) is 4.32. The van der Waals surface area contributed by atoms with Crippen LogP contribution in [0.4, 0.5) is 4.79 Å². The van der Waals surface area contributed by atoms with Gasteiger partial charge in [-0.3, -0.25) is 0 Å². The lowest BCUT2D eigenvalue weighted by Gasteiger charge is -2.40. The molecular formula is C21H32N2O3. The maximum absolute atomic E-state index is 12.8. The van der Waals surface area contributed by atoms with Gasteiger partial charge < -0.3 is 19.7 Å².